The maximum Gasteiger partial charge on any atom is 0.220 e. The van der Waals surface area contributed by atoms with Crippen LogP contribution in [0.25, 0.3) is 0 Å². The molecule has 0 bridgehead atoms. The van der Waals surface area contributed by atoms with Gasteiger partial charge in [0.05, 0.1) is 0 Å². The highest BCUT2D eigenvalue weighted by Crippen LogP contribution is 2.46. The predicted octanol–water partition coefficient (Wildman–Crippen LogP) is 1.02. The molecular formula is C8H13NOS. The number of hydrogen-bond acceptors (Lipinski definition) is 2. The number of thioether (sulfide) groups is 1. The van der Waals surface area contributed by atoms with E-state index in [1.54, 1.807) is 0 Å². The van der Waals surface area contributed by atoms with Gasteiger partial charge in [-0.25, -0.2) is 0 Å². The summed E-state index contributed by atoms with van der Waals surface area (Å²) in [5.74, 6) is 1.48. The van der Waals surface area contributed by atoms with E-state index in [2.05, 4.69) is 12.2 Å². The molecule has 2 aliphatic rings. The molecule has 0 radical (unpaired) electrons. The van der Waals surface area contributed by atoms with Crippen molar-refractivity contribution in [2.24, 2.45) is 5.41 Å². The molecule has 1 N–H and O–H groups in total. The number of rotatable bonds is 0. The lowest BCUT2D eigenvalue weighted by molar-refractivity contribution is -0.119. The van der Waals surface area contributed by atoms with Crippen LogP contribution in [-0.4, -0.2) is 23.5 Å². The van der Waals surface area contributed by atoms with Gasteiger partial charge in [-0.15, -0.1) is 0 Å². The van der Waals surface area contributed by atoms with Gasteiger partial charge in [0.1, 0.15) is 0 Å². The Labute approximate surface area is 71.1 Å². The van der Waals surface area contributed by atoms with E-state index in [1.807, 2.05) is 11.8 Å². The van der Waals surface area contributed by atoms with E-state index < -0.39 is 0 Å². The van der Waals surface area contributed by atoms with E-state index in [-0.39, 0.29) is 5.91 Å². The highest BCUT2D eigenvalue weighted by atomic mass is 32.2. The standard InChI is InChI=1S/C8H13NOS/c1-6-8(2-3-11-6)4-7(10)9-5-8/h6H,2-5H2,1H3,(H,9,10). The van der Waals surface area contributed by atoms with E-state index in [9.17, 15) is 4.79 Å². The summed E-state index contributed by atoms with van der Waals surface area (Å²) in [6.45, 7) is 3.16. The SMILES string of the molecule is CC1SCCC12CNC(=O)C2. The fourth-order valence-corrected chi connectivity index (χ4v) is 3.52. The second-order valence-electron chi connectivity index (χ2n) is 3.58. The van der Waals surface area contributed by atoms with Gasteiger partial charge in [0.25, 0.3) is 0 Å². The van der Waals surface area contributed by atoms with E-state index in [0.29, 0.717) is 10.7 Å². The minimum Gasteiger partial charge on any atom is -0.355 e. The molecular weight excluding hydrogens is 158 g/mol. The second-order valence-corrected chi connectivity index (χ2v) is 5.03. The second kappa shape index (κ2) is 2.41. The van der Waals surface area contributed by atoms with Gasteiger partial charge in [0.15, 0.2) is 0 Å². The van der Waals surface area contributed by atoms with Crippen LogP contribution in [0.15, 0.2) is 0 Å². The van der Waals surface area contributed by atoms with Gasteiger partial charge in [0, 0.05) is 23.6 Å². The van der Waals surface area contributed by atoms with Crippen LogP contribution in [0.5, 0.6) is 0 Å². The number of carbonyl (C=O) groups excluding carboxylic acids is 1. The third-order valence-electron chi connectivity index (χ3n) is 2.98. The quantitative estimate of drug-likeness (QED) is 0.589. The van der Waals surface area contributed by atoms with Gasteiger partial charge in [-0.1, -0.05) is 6.92 Å². The minimum atomic E-state index is 0.249. The first-order chi connectivity index (χ1) is 5.23. The Balaban J connectivity index is 2.16. The van der Waals surface area contributed by atoms with Gasteiger partial charge in [-0.3, -0.25) is 4.79 Å². The first kappa shape index (κ1) is 7.47. The molecule has 1 amide bonds. The van der Waals surface area contributed by atoms with Gasteiger partial charge < -0.3 is 5.32 Å². The Kier molecular flexibility index (Phi) is 1.63. The molecule has 2 nitrogen and oxygen atoms in total. The van der Waals surface area contributed by atoms with E-state index in [1.165, 1.54) is 12.2 Å². The van der Waals surface area contributed by atoms with Crippen molar-refractivity contribution >= 4 is 17.7 Å². The smallest absolute Gasteiger partial charge is 0.220 e. The van der Waals surface area contributed by atoms with Crippen LogP contribution >= 0.6 is 11.8 Å². The number of carbonyl (C=O) groups is 1. The van der Waals surface area contributed by atoms with Crippen molar-refractivity contribution in [3.05, 3.63) is 0 Å². The first-order valence-corrected chi connectivity index (χ1v) is 5.16. The van der Waals surface area contributed by atoms with Gasteiger partial charge in [-0.05, 0) is 12.2 Å². The zero-order valence-corrected chi connectivity index (χ0v) is 7.54. The molecule has 62 valence electrons. The molecule has 0 aromatic heterocycles. The molecule has 0 aromatic carbocycles. The van der Waals surface area contributed by atoms with Crippen molar-refractivity contribution in [1.82, 2.24) is 5.32 Å². The summed E-state index contributed by atoms with van der Waals surface area (Å²) in [7, 11) is 0. The summed E-state index contributed by atoms with van der Waals surface area (Å²) in [5, 5.41) is 3.60. The van der Waals surface area contributed by atoms with E-state index >= 15 is 0 Å². The zero-order chi connectivity index (χ0) is 7.90. The molecule has 1 spiro atoms. The monoisotopic (exact) mass is 171 g/mol. The van der Waals surface area contributed by atoms with Crippen LogP contribution < -0.4 is 5.32 Å². The van der Waals surface area contributed by atoms with Crippen molar-refractivity contribution in [2.75, 3.05) is 12.3 Å². The Morgan fingerprint density at radius 1 is 1.73 bits per heavy atom. The fraction of sp³-hybridized carbons (Fsp3) is 0.875. The van der Waals surface area contributed by atoms with E-state index in [0.717, 1.165) is 13.0 Å². The van der Waals surface area contributed by atoms with Crippen molar-refractivity contribution in [3.63, 3.8) is 0 Å². The maximum atomic E-state index is 11.0. The molecule has 3 heteroatoms. The Morgan fingerprint density at radius 2 is 2.55 bits per heavy atom. The average molecular weight is 171 g/mol. The predicted molar refractivity (Wildman–Crippen MR) is 46.6 cm³/mol. The summed E-state index contributed by atoms with van der Waals surface area (Å²) in [6, 6.07) is 0. The van der Waals surface area contributed by atoms with Crippen molar-refractivity contribution < 1.29 is 4.79 Å². The highest BCUT2D eigenvalue weighted by molar-refractivity contribution is 8.00. The topological polar surface area (TPSA) is 29.1 Å². The Hall–Kier alpha value is -0.180. The lowest BCUT2D eigenvalue weighted by Crippen LogP contribution is -2.29. The molecule has 2 fully saturated rings. The number of amides is 1. The fourth-order valence-electron chi connectivity index (χ4n) is 2.00. The lowest BCUT2D eigenvalue weighted by Gasteiger charge is -2.24. The first-order valence-electron chi connectivity index (χ1n) is 4.11. The molecule has 0 aromatic rings. The summed E-state index contributed by atoms with van der Waals surface area (Å²) in [6.07, 6.45) is 1.98. The minimum absolute atomic E-state index is 0.249. The molecule has 11 heavy (non-hydrogen) atoms. The molecule has 0 aliphatic carbocycles. The van der Waals surface area contributed by atoms with Gasteiger partial charge in [-0.2, -0.15) is 11.8 Å². The van der Waals surface area contributed by atoms with Crippen LogP contribution in [0.4, 0.5) is 0 Å². The summed E-state index contributed by atoms with van der Waals surface area (Å²) in [4.78, 5) is 11.0. The third kappa shape index (κ3) is 1.06. The molecule has 2 atom stereocenters. The lowest BCUT2D eigenvalue weighted by atomic mass is 9.81. The molecule has 2 rings (SSSR count). The molecule has 0 saturated carbocycles. The average Bonchev–Trinajstić information content (AvgIpc) is 2.46. The largest absolute Gasteiger partial charge is 0.355 e. The summed E-state index contributed by atoms with van der Waals surface area (Å²) >= 11 is 2.00. The normalized spacial score (nSPS) is 43.4. The molecule has 2 unspecified atom stereocenters. The third-order valence-corrected chi connectivity index (χ3v) is 4.42. The Morgan fingerprint density at radius 3 is 3.00 bits per heavy atom. The van der Waals surface area contributed by atoms with Crippen LogP contribution in [0.1, 0.15) is 19.8 Å². The van der Waals surface area contributed by atoms with Crippen LogP contribution in [0.3, 0.4) is 0 Å². The molecule has 2 heterocycles. The number of hydrogen-bond donors (Lipinski definition) is 1. The molecule has 2 aliphatic heterocycles. The van der Waals surface area contributed by atoms with Crippen molar-refractivity contribution in [3.8, 4) is 0 Å². The van der Waals surface area contributed by atoms with E-state index in [4.69, 9.17) is 0 Å². The summed E-state index contributed by atoms with van der Waals surface area (Å²) in [5.41, 5.74) is 0.321. The van der Waals surface area contributed by atoms with Crippen LogP contribution in [0.2, 0.25) is 0 Å². The molecule has 2 saturated heterocycles. The highest BCUT2D eigenvalue weighted by Gasteiger charge is 2.46. The summed E-state index contributed by atoms with van der Waals surface area (Å²) < 4.78 is 0. The van der Waals surface area contributed by atoms with Crippen molar-refractivity contribution in [1.29, 1.82) is 0 Å². The maximum absolute atomic E-state index is 11.0. The van der Waals surface area contributed by atoms with Crippen molar-refractivity contribution in [2.45, 2.75) is 25.0 Å². The van der Waals surface area contributed by atoms with Crippen LogP contribution in [0, 0.1) is 5.41 Å². The van der Waals surface area contributed by atoms with Crippen LogP contribution in [-0.2, 0) is 4.79 Å². The Bertz CT molecular complexity index is 195. The number of nitrogens with one attached hydrogen (secondary N) is 1. The zero-order valence-electron chi connectivity index (χ0n) is 6.72. The van der Waals surface area contributed by atoms with Gasteiger partial charge in [0.2, 0.25) is 5.91 Å². The van der Waals surface area contributed by atoms with Gasteiger partial charge >= 0.3 is 0 Å².